The van der Waals surface area contributed by atoms with Crippen LogP contribution in [0.25, 0.3) is 10.8 Å². The third-order valence-corrected chi connectivity index (χ3v) is 5.02. The molecule has 0 saturated heterocycles. The lowest BCUT2D eigenvalue weighted by molar-refractivity contribution is 0.0948. The van der Waals surface area contributed by atoms with Gasteiger partial charge < -0.3 is 15.5 Å². The lowest BCUT2D eigenvalue weighted by atomic mass is 10.1. The van der Waals surface area contributed by atoms with Crippen LogP contribution in [-0.2, 0) is 0 Å². The molecule has 0 atom stereocenters. The summed E-state index contributed by atoms with van der Waals surface area (Å²) in [7, 11) is 0. The number of hydrogen-bond acceptors (Lipinski definition) is 3. The fourth-order valence-electron chi connectivity index (χ4n) is 3.21. The predicted octanol–water partition coefficient (Wildman–Crippen LogP) is 4.16. The zero-order valence-electron chi connectivity index (χ0n) is 16.9. The molecule has 0 aliphatic heterocycles. The lowest BCUT2D eigenvalue weighted by Crippen LogP contribution is -2.34. The van der Waals surface area contributed by atoms with Crippen LogP contribution < -0.4 is 10.6 Å². The van der Waals surface area contributed by atoms with Crippen molar-refractivity contribution in [2.24, 2.45) is 0 Å². The fraction of sp³-hybridized carbons (Fsp3) is 0.250. The second-order valence-corrected chi connectivity index (χ2v) is 6.88. The van der Waals surface area contributed by atoms with Gasteiger partial charge in [0, 0.05) is 29.9 Å². The number of nitrogens with one attached hydrogen (secondary N) is 2. The van der Waals surface area contributed by atoms with Crippen LogP contribution in [0.5, 0.6) is 0 Å². The van der Waals surface area contributed by atoms with Crippen molar-refractivity contribution >= 4 is 28.3 Å². The zero-order valence-corrected chi connectivity index (χ0v) is 16.9. The standard InChI is InChI=1S/C24H27N3O2/c1-3-27(4-2)16-15-25-23(28)19-11-13-22(14-12-19)26-24(29)21-10-9-18-7-5-6-8-20(18)17-21/h5-14,17H,3-4,15-16H2,1-2H3,(H,25,28)(H,26,29). The van der Waals surface area contributed by atoms with Gasteiger partial charge in [-0.05, 0) is 60.3 Å². The maximum absolute atomic E-state index is 12.5. The van der Waals surface area contributed by atoms with Gasteiger partial charge in [-0.1, -0.05) is 44.2 Å². The van der Waals surface area contributed by atoms with Crippen LogP contribution in [0.2, 0.25) is 0 Å². The second-order valence-electron chi connectivity index (χ2n) is 6.88. The quantitative estimate of drug-likeness (QED) is 0.608. The minimum absolute atomic E-state index is 0.107. The van der Waals surface area contributed by atoms with Gasteiger partial charge in [-0.3, -0.25) is 9.59 Å². The van der Waals surface area contributed by atoms with Crippen LogP contribution in [0.4, 0.5) is 5.69 Å². The number of amides is 2. The van der Waals surface area contributed by atoms with E-state index in [2.05, 4.69) is 29.4 Å². The number of nitrogens with zero attached hydrogens (tertiary/aromatic N) is 1. The first kappa shape index (κ1) is 20.6. The third-order valence-electron chi connectivity index (χ3n) is 5.02. The number of fused-ring (bicyclic) bond motifs is 1. The molecule has 5 nitrogen and oxygen atoms in total. The molecule has 0 bridgehead atoms. The summed E-state index contributed by atoms with van der Waals surface area (Å²) in [6.45, 7) is 7.60. The second kappa shape index (κ2) is 9.85. The summed E-state index contributed by atoms with van der Waals surface area (Å²) in [5.74, 6) is -0.281. The monoisotopic (exact) mass is 389 g/mol. The highest BCUT2D eigenvalue weighted by Crippen LogP contribution is 2.17. The van der Waals surface area contributed by atoms with Crippen molar-refractivity contribution < 1.29 is 9.59 Å². The van der Waals surface area contributed by atoms with Crippen LogP contribution in [0.1, 0.15) is 34.6 Å². The molecule has 0 aliphatic rings. The first-order valence-corrected chi connectivity index (χ1v) is 10.0. The van der Waals surface area contributed by atoms with Crippen molar-refractivity contribution in [1.29, 1.82) is 0 Å². The largest absolute Gasteiger partial charge is 0.351 e. The van der Waals surface area contributed by atoms with Crippen LogP contribution >= 0.6 is 0 Å². The maximum atomic E-state index is 12.5. The van der Waals surface area contributed by atoms with E-state index in [9.17, 15) is 9.59 Å². The molecule has 3 rings (SSSR count). The minimum atomic E-state index is -0.174. The summed E-state index contributed by atoms with van der Waals surface area (Å²) in [6, 6.07) is 20.5. The van der Waals surface area contributed by atoms with E-state index in [0.717, 1.165) is 30.4 Å². The summed E-state index contributed by atoms with van der Waals surface area (Å²) in [6.07, 6.45) is 0. The van der Waals surface area contributed by atoms with Gasteiger partial charge in [-0.15, -0.1) is 0 Å². The Morgan fingerprint density at radius 2 is 1.45 bits per heavy atom. The highest BCUT2D eigenvalue weighted by molar-refractivity contribution is 6.06. The summed E-state index contributed by atoms with van der Waals surface area (Å²) in [5, 5.41) is 7.94. The minimum Gasteiger partial charge on any atom is -0.351 e. The number of anilines is 1. The van der Waals surface area contributed by atoms with Crippen LogP contribution in [0, 0.1) is 0 Å². The SMILES string of the molecule is CCN(CC)CCNC(=O)c1ccc(NC(=O)c2ccc3ccccc3c2)cc1. The van der Waals surface area contributed by atoms with E-state index < -0.39 is 0 Å². The molecule has 0 spiro atoms. The van der Waals surface area contributed by atoms with Gasteiger partial charge in [0.2, 0.25) is 0 Å². The van der Waals surface area contributed by atoms with Gasteiger partial charge in [0.05, 0.1) is 0 Å². The number of carbonyl (C=O) groups is 2. The summed E-state index contributed by atoms with van der Waals surface area (Å²) in [5.41, 5.74) is 1.83. The van der Waals surface area contributed by atoms with Gasteiger partial charge in [0.1, 0.15) is 0 Å². The average Bonchev–Trinajstić information content (AvgIpc) is 2.76. The third kappa shape index (κ3) is 5.42. The van der Waals surface area contributed by atoms with Gasteiger partial charge in [-0.2, -0.15) is 0 Å². The van der Waals surface area contributed by atoms with Gasteiger partial charge in [0.15, 0.2) is 0 Å². The maximum Gasteiger partial charge on any atom is 0.255 e. The average molecular weight is 389 g/mol. The highest BCUT2D eigenvalue weighted by Gasteiger charge is 2.09. The Kier molecular flexibility index (Phi) is 6.98. The Hall–Kier alpha value is -3.18. The van der Waals surface area contributed by atoms with E-state index in [-0.39, 0.29) is 11.8 Å². The Morgan fingerprint density at radius 1 is 0.793 bits per heavy atom. The number of benzene rings is 3. The summed E-state index contributed by atoms with van der Waals surface area (Å²) >= 11 is 0. The first-order valence-electron chi connectivity index (χ1n) is 10.0. The molecule has 0 saturated carbocycles. The van der Waals surface area contributed by atoms with Crippen LogP contribution in [0.15, 0.2) is 66.7 Å². The van der Waals surface area contributed by atoms with Gasteiger partial charge in [-0.25, -0.2) is 0 Å². The van der Waals surface area contributed by atoms with Crippen molar-refractivity contribution in [3.8, 4) is 0 Å². The van der Waals surface area contributed by atoms with E-state index in [1.165, 1.54) is 0 Å². The molecule has 150 valence electrons. The Balaban J connectivity index is 1.58. The molecule has 0 unspecified atom stereocenters. The topological polar surface area (TPSA) is 61.4 Å². The first-order chi connectivity index (χ1) is 14.1. The van der Waals surface area contributed by atoms with Crippen molar-refractivity contribution in [1.82, 2.24) is 10.2 Å². The summed E-state index contributed by atoms with van der Waals surface area (Å²) in [4.78, 5) is 27.1. The van der Waals surface area contributed by atoms with Crippen molar-refractivity contribution in [2.45, 2.75) is 13.8 Å². The van der Waals surface area contributed by atoms with Gasteiger partial charge >= 0.3 is 0 Å². The Labute approximate surface area is 171 Å². The predicted molar refractivity (Wildman–Crippen MR) is 118 cm³/mol. The number of hydrogen-bond donors (Lipinski definition) is 2. The fourth-order valence-corrected chi connectivity index (χ4v) is 3.21. The summed E-state index contributed by atoms with van der Waals surface area (Å²) < 4.78 is 0. The highest BCUT2D eigenvalue weighted by atomic mass is 16.2. The molecule has 0 radical (unpaired) electrons. The normalized spacial score (nSPS) is 10.9. The molecule has 2 amide bonds. The molecule has 0 fully saturated rings. The number of rotatable bonds is 8. The number of likely N-dealkylation sites (N-methyl/N-ethyl adjacent to an activating group) is 1. The van der Waals surface area contributed by atoms with Crippen molar-refractivity contribution in [3.05, 3.63) is 77.9 Å². The smallest absolute Gasteiger partial charge is 0.255 e. The molecular weight excluding hydrogens is 362 g/mol. The Morgan fingerprint density at radius 3 is 2.14 bits per heavy atom. The van der Waals surface area contributed by atoms with Crippen LogP contribution in [-0.4, -0.2) is 42.9 Å². The molecule has 2 N–H and O–H groups in total. The zero-order chi connectivity index (χ0) is 20.6. The molecule has 3 aromatic carbocycles. The molecule has 5 heteroatoms. The molecule has 0 heterocycles. The molecule has 0 aromatic heterocycles. The van der Waals surface area contributed by atoms with Crippen LogP contribution in [0.3, 0.4) is 0 Å². The molecule has 29 heavy (non-hydrogen) atoms. The van der Waals surface area contributed by atoms with E-state index in [1.807, 2.05) is 42.5 Å². The molecule has 0 aliphatic carbocycles. The van der Waals surface area contributed by atoms with Crippen molar-refractivity contribution in [2.75, 3.05) is 31.5 Å². The van der Waals surface area contributed by atoms with E-state index in [4.69, 9.17) is 0 Å². The Bertz CT molecular complexity index is 979. The van der Waals surface area contributed by atoms with E-state index >= 15 is 0 Å². The van der Waals surface area contributed by atoms with Crippen molar-refractivity contribution in [3.63, 3.8) is 0 Å². The number of carbonyl (C=O) groups excluding carboxylic acids is 2. The molecular formula is C24H27N3O2. The molecule has 3 aromatic rings. The van der Waals surface area contributed by atoms with Gasteiger partial charge in [0.25, 0.3) is 11.8 Å². The lowest BCUT2D eigenvalue weighted by Gasteiger charge is -2.18. The van der Waals surface area contributed by atoms with E-state index in [1.54, 1.807) is 24.3 Å². The van der Waals surface area contributed by atoms with E-state index in [0.29, 0.717) is 23.4 Å².